The maximum Gasteiger partial charge on any atom is 0.296 e. The van der Waals surface area contributed by atoms with Crippen LogP contribution >= 0.6 is 0 Å². The summed E-state index contributed by atoms with van der Waals surface area (Å²) in [4.78, 5) is 23.2. The Bertz CT molecular complexity index is 611. The van der Waals surface area contributed by atoms with Gasteiger partial charge in [-0.3, -0.25) is 9.79 Å². The van der Waals surface area contributed by atoms with E-state index in [1.54, 1.807) is 18.5 Å². The van der Waals surface area contributed by atoms with Crippen molar-refractivity contribution in [3.05, 3.63) is 27.9 Å². The number of hydrogen-bond acceptors (Lipinski definition) is 3. The zero-order valence-electron chi connectivity index (χ0n) is 7.14. The summed E-state index contributed by atoms with van der Waals surface area (Å²) in [5.41, 5.74) is 1.36. The summed E-state index contributed by atoms with van der Waals surface area (Å²) in [6.07, 6.45) is 6.64. The van der Waals surface area contributed by atoms with Gasteiger partial charge in [0.25, 0.3) is 5.91 Å². The summed E-state index contributed by atoms with van der Waals surface area (Å²) in [6, 6.07) is 1.90. The van der Waals surface area contributed by atoms with Gasteiger partial charge >= 0.3 is 0 Å². The van der Waals surface area contributed by atoms with Crippen LogP contribution in [0, 0.1) is 0 Å². The number of hydrogen-bond donors (Lipinski definition) is 0. The van der Waals surface area contributed by atoms with E-state index in [1.807, 2.05) is 6.07 Å². The molecule has 0 aromatic carbocycles. The van der Waals surface area contributed by atoms with E-state index < -0.39 is 0 Å². The molecule has 0 saturated carbocycles. The lowest BCUT2D eigenvalue weighted by molar-refractivity contribution is 0.0997. The van der Waals surface area contributed by atoms with Crippen LogP contribution in [0.2, 0.25) is 0 Å². The van der Waals surface area contributed by atoms with Gasteiger partial charge in [0.2, 0.25) is 0 Å². The molecule has 0 aliphatic carbocycles. The van der Waals surface area contributed by atoms with Crippen LogP contribution in [0.1, 0.15) is 16.1 Å². The number of carbonyl (C=O) groups is 1. The second-order valence-electron chi connectivity index (χ2n) is 3.06. The second kappa shape index (κ2) is 2.45. The van der Waals surface area contributed by atoms with Crippen molar-refractivity contribution in [1.82, 2.24) is 4.98 Å². The Labute approximate surface area is 79.0 Å². The number of amides is 1. The maximum atomic E-state index is 11.4. The minimum Gasteiger partial charge on any atom is -0.265 e. The van der Waals surface area contributed by atoms with E-state index in [9.17, 15) is 4.79 Å². The van der Waals surface area contributed by atoms with Crippen molar-refractivity contribution in [2.45, 2.75) is 0 Å². The topological polar surface area (TPSA) is 54.7 Å². The van der Waals surface area contributed by atoms with Gasteiger partial charge in [0.15, 0.2) is 0 Å². The first-order valence-electron chi connectivity index (χ1n) is 4.18. The monoisotopic (exact) mass is 183 g/mol. The Morgan fingerprint density at radius 3 is 3.14 bits per heavy atom. The highest BCUT2D eigenvalue weighted by Crippen LogP contribution is 1.96. The second-order valence-corrected chi connectivity index (χ2v) is 3.06. The van der Waals surface area contributed by atoms with E-state index in [-0.39, 0.29) is 5.91 Å². The van der Waals surface area contributed by atoms with Crippen LogP contribution in [0.4, 0.5) is 0 Å². The number of pyridine rings is 1. The number of fused-ring (bicyclic) bond motifs is 2. The molecule has 0 bridgehead atoms. The van der Waals surface area contributed by atoms with Crippen LogP contribution < -0.4 is 10.6 Å². The molecule has 2 aliphatic rings. The van der Waals surface area contributed by atoms with Gasteiger partial charge in [-0.25, -0.2) is 9.98 Å². The normalized spacial score (nSPS) is 15.9. The molecule has 2 aliphatic heterocycles. The molecule has 3 rings (SSSR count). The SMILES string of the molecule is O=C1N=CC=c2cc3c(nc21)=CN=C3. The fourth-order valence-corrected chi connectivity index (χ4v) is 1.50. The zero-order valence-corrected chi connectivity index (χ0v) is 7.14. The van der Waals surface area contributed by atoms with E-state index in [0.29, 0.717) is 5.69 Å². The zero-order chi connectivity index (χ0) is 9.54. The summed E-state index contributed by atoms with van der Waals surface area (Å²) in [5, 5.41) is 1.55. The lowest BCUT2D eigenvalue weighted by Crippen LogP contribution is -2.27. The van der Waals surface area contributed by atoms with Gasteiger partial charge < -0.3 is 0 Å². The number of carbonyl (C=O) groups excluding carboxylic acids is 1. The molecule has 4 heteroatoms. The molecule has 0 N–H and O–H groups in total. The van der Waals surface area contributed by atoms with Crippen molar-refractivity contribution < 1.29 is 4.79 Å². The molecular formula is C10H5N3O. The van der Waals surface area contributed by atoms with E-state index in [0.717, 1.165) is 16.1 Å². The molecule has 1 aromatic rings. The predicted octanol–water partition coefficient (Wildman–Crippen LogP) is -0.743. The third kappa shape index (κ3) is 0.877. The van der Waals surface area contributed by atoms with Crippen molar-refractivity contribution in [1.29, 1.82) is 0 Å². The molecule has 0 saturated heterocycles. The van der Waals surface area contributed by atoms with Gasteiger partial charge in [0.1, 0.15) is 5.69 Å². The molecule has 0 atom stereocenters. The highest BCUT2D eigenvalue weighted by atomic mass is 16.1. The van der Waals surface area contributed by atoms with Gasteiger partial charge in [-0.1, -0.05) is 0 Å². The minimum absolute atomic E-state index is 0.286. The van der Waals surface area contributed by atoms with Crippen LogP contribution in [0.15, 0.2) is 16.1 Å². The summed E-state index contributed by atoms with van der Waals surface area (Å²) in [7, 11) is 0. The molecule has 4 nitrogen and oxygen atoms in total. The maximum absolute atomic E-state index is 11.4. The average molecular weight is 183 g/mol. The number of nitrogens with zero attached hydrogens (tertiary/aromatic N) is 3. The summed E-state index contributed by atoms with van der Waals surface area (Å²) >= 11 is 0. The Kier molecular flexibility index (Phi) is 1.28. The van der Waals surface area contributed by atoms with Crippen molar-refractivity contribution >= 4 is 30.6 Å². The minimum atomic E-state index is -0.286. The first-order chi connectivity index (χ1) is 6.84. The molecule has 0 spiro atoms. The standard InChI is InChI=1S/C10H5N3O/c14-10-9-6(1-2-12-10)3-7-4-11-5-8(7)13-9/h1-5H. The highest BCUT2D eigenvalue weighted by Gasteiger charge is 2.12. The average Bonchev–Trinajstić information content (AvgIpc) is 2.62. The summed E-state index contributed by atoms with van der Waals surface area (Å²) < 4.78 is 0. The molecule has 0 fully saturated rings. The first-order valence-corrected chi connectivity index (χ1v) is 4.18. The third-order valence-electron chi connectivity index (χ3n) is 2.17. The predicted molar refractivity (Wildman–Crippen MR) is 52.8 cm³/mol. The summed E-state index contributed by atoms with van der Waals surface area (Å²) in [6.45, 7) is 0. The van der Waals surface area contributed by atoms with Crippen LogP contribution in [-0.2, 0) is 0 Å². The van der Waals surface area contributed by atoms with Gasteiger partial charge in [0.05, 0.1) is 11.5 Å². The Morgan fingerprint density at radius 2 is 2.21 bits per heavy atom. The first kappa shape index (κ1) is 7.32. The number of aromatic nitrogens is 1. The van der Waals surface area contributed by atoms with Gasteiger partial charge in [-0.2, -0.15) is 0 Å². The number of aliphatic imine (C=N–C) groups is 2. The van der Waals surface area contributed by atoms with Crippen molar-refractivity contribution in [3.63, 3.8) is 0 Å². The van der Waals surface area contributed by atoms with Crippen LogP contribution in [0.5, 0.6) is 0 Å². The lowest BCUT2D eigenvalue weighted by atomic mass is 10.1. The van der Waals surface area contributed by atoms with Crippen LogP contribution in [0.25, 0.3) is 12.3 Å². The molecule has 1 amide bonds. The van der Waals surface area contributed by atoms with Crippen molar-refractivity contribution in [2.24, 2.45) is 9.98 Å². The third-order valence-corrected chi connectivity index (χ3v) is 2.17. The van der Waals surface area contributed by atoms with E-state index in [4.69, 9.17) is 0 Å². The lowest BCUT2D eigenvalue weighted by Gasteiger charge is -2.00. The molecular weight excluding hydrogens is 178 g/mol. The smallest absolute Gasteiger partial charge is 0.265 e. The Hall–Kier alpha value is -2.10. The fourth-order valence-electron chi connectivity index (χ4n) is 1.50. The highest BCUT2D eigenvalue weighted by molar-refractivity contribution is 6.08. The van der Waals surface area contributed by atoms with E-state index in [1.165, 1.54) is 6.21 Å². The molecule has 0 unspecified atom stereocenters. The molecule has 0 radical (unpaired) electrons. The van der Waals surface area contributed by atoms with Crippen LogP contribution in [-0.4, -0.2) is 23.3 Å². The molecule has 3 heterocycles. The molecule has 66 valence electrons. The van der Waals surface area contributed by atoms with Gasteiger partial charge in [-0.15, -0.1) is 0 Å². The van der Waals surface area contributed by atoms with Crippen LogP contribution in [0.3, 0.4) is 0 Å². The van der Waals surface area contributed by atoms with Crippen molar-refractivity contribution in [2.75, 3.05) is 0 Å². The quantitative estimate of drug-likeness (QED) is 0.531. The summed E-state index contributed by atoms with van der Waals surface area (Å²) in [5.74, 6) is -0.286. The fraction of sp³-hybridized carbons (Fsp3) is 0. The molecule has 1 aromatic heterocycles. The Balaban J connectivity index is 2.45. The van der Waals surface area contributed by atoms with E-state index in [2.05, 4.69) is 15.0 Å². The Morgan fingerprint density at radius 1 is 1.29 bits per heavy atom. The van der Waals surface area contributed by atoms with Gasteiger partial charge in [0, 0.05) is 23.2 Å². The largest absolute Gasteiger partial charge is 0.296 e. The van der Waals surface area contributed by atoms with Gasteiger partial charge in [-0.05, 0) is 12.1 Å². The van der Waals surface area contributed by atoms with E-state index >= 15 is 0 Å². The number of rotatable bonds is 0. The molecule has 14 heavy (non-hydrogen) atoms. The van der Waals surface area contributed by atoms with Crippen molar-refractivity contribution in [3.8, 4) is 0 Å².